The SMILES string of the molecule is CN(Cc1cccnc1)S(=O)(=O)c1c(N)cccc1F. The molecular formula is C13H14FN3O2S. The second kappa shape index (κ2) is 5.56. The van der Waals surface area contributed by atoms with Crippen molar-refractivity contribution in [2.45, 2.75) is 11.4 Å². The van der Waals surface area contributed by atoms with Gasteiger partial charge in [-0.1, -0.05) is 12.1 Å². The summed E-state index contributed by atoms with van der Waals surface area (Å²) >= 11 is 0. The van der Waals surface area contributed by atoms with Crippen LogP contribution in [0.2, 0.25) is 0 Å². The molecule has 0 aliphatic rings. The van der Waals surface area contributed by atoms with Gasteiger partial charge in [-0.25, -0.2) is 12.8 Å². The summed E-state index contributed by atoms with van der Waals surface area (Å²) in [4.78, 5) is 3.41. The first-order valence-corrected chi connectivity index (χ1v) is 7.26. The molecule has 2 aromatic rings. The van der Waals surface area contributed by atoms with Crippen molar-refractivity contribution in [3.63, 3.8) is 0 Å². The van der Waals surface area contributed by atoms with Crippen LogP contribution >= 0.6 is 0 Å². The van der Waals surface area contributed by atoms with Crippen LogP contribution in [-0.2, 0) is 16.6 Å². The van der Waals surface area contributed by atoms with Crippen molar-refractivity contribution in [3.05, 3.63) is 54.1 Å². The van der Waals surface area contributed by atoms with E-state index in [1.807, 2.05) is 0 Å². The Labute approximate surface area is 116 Å². The lowest BCUT2D eigenvalue weighted by atomic mass is 10.3. The summed E-state index contributed by atoms with van der Waals surface area (Å²) in [5.74, 6) is -0.858. The standard InChI is InChI=1S/C13H14FN3O2S/c1-17(9-10-4-3-7-16-8-10)20(18,19)13-11(14)5-2-6-12(13)15/h2-8H,9,15H2,1H3. The highest BCUT2D eigenvalue weighted by atomic mass is 32.2. The summed E-state index contributed by atoms with van der Waals surface area (Å²) in [7, 11) is -2.62. The number of nitrogens with two attached hydrogens (primary N) is 1. The van der Waals surface area contributed by atoms with E-state index in [0.717, 1.165) is 10.4 Å². The van der Waals surface area contributed by atoms with Gasteiger partial charge in [0.25, 0.3) is 0 Å². The smallest absolute Gasteiger partial charge is 0.248 e. The van der Waals surface area contributed by atoms with E-state index in [1.165, 1.54) is 19.2 Å². The number of pyridine rings is 1. The Bertz CT molecular complexity index is 685. The molecule has 0 unspecified atom stereocenters. The molecule has 0 aliphatic carbocycles. The molecular weight excluding hydrogens is 281 g/mol. The van der Waals surface area contributed by atoms with E-state index in [2.05, 4.69) is 4.98 Å². The van der Waals surface area contributed by atoms with Gasteiger partial charge >= 0.3 is 0 Å². The lowest BCUT2D eigenvalue weighted by Gasteiger charge is -2.18. The van der Waals surface area contributed by atoms with Gasteiger partial charge in [0, 0.05) is 26.0 Å². The minimum absolute atomic E-state index is 0.0872. The average molecular weight is 295 g/mol. The Kier molecular flexibility index (Phi) is 4.01. The number of anilines is 1. The Hall–Kier alpha value is -1.99. The molecule has 0 saturated heterocycles. The lowest BCUT2D eigenvalue weighted by Crippen LogP contribution is -2.28. The fourth-order valence-corrected chi connectivity index (χ4v) is 3.10. The number of nitrogens with zero attached hydrogens (tertiary/aromatic N) is 2. The Morgan fingerprint density at radius 2 is 2.05 bits per heavy atom. The Morgan fingerprint density at radius 1 is 1.30 bits per heavy atom. The van der Waals surface area contributed by atoms with Crippen molar-refractivity contribution in [1.82, 2.24) is 9.29 Å². The topological polar surface area (TPSA) is 76.3 Å². The van der Waals surface area contributed by atoms with Crippen molar-refractivity contribution in [3.8, 4) is 0 Å². The van der Waals surface area contributed by atoms with Crippen LogP contribution in [0.5, 0.6) is 0 Å². The Morgan fingerprint density at radius 3 is 2.65 bits per heavy atom. The molecule has 1 heterocycles. The maximum Gasteiger partial charge on any atom is 0.248 e. The fraction of sp³-hybridized carbons (Fsp3) is 0.154. The van der Waals surface area contributed by atoms with E-state index in [4.69, 9.17) is 5.73 Å². The molecule has 2 N–H and O–H groups in total. The fourth-order valence-electron chi connectivity index (χ4n) is 1.79. The van der Waals surface area contributed by atoms with Crippen LogP contribution in [0.4, 0.5) is 10.1 Å². The van der Waals surface area contributed by atoms with E-state index in [9.17, 15) is 12.8 Å². The van der Waals surface area contributed by atoms with Crippen LogP contribution in [0.25, 0.3) is 0 Å². The zero-order valence-corrected chi connectivity index (χ0v) is 11.6. The molecule has 0 saturated carbocycles. The second-order valence-corrected chi connectivity index (χ2v) is 6.26. The van der Waals surface area contributed by atoms with E-state index >= 15 is 0 Å². The van der Waals surface area contributed by atoms with E-state index in [0.29, 0.717) is 5.56 Å². The maximum absolute atomic E-state index is 13.7. The van der Waals surface area contributed by atoms with Crippen LogP contribution in [0.15, 0.2) is 47.6 Å². The van der Waals surface area contributed by atoms with Crippen molar-refractivity contribution < 1.29 is 12.8 Å². The van der Waals surface area contributed by atoms with Gasteiger partial charge in [0.2, 0.25) is 10.0 Å². The first-order chi connectivity index (χ1) is 9.43. The Balaban J connectivity index is 2.35. The third kappa shape index (κ3) is 2.78. The van der Waals surface area contributed by atoms with Gasteiger partial charge < -0.3 is 5.73 Å². The van der Waals surface area contributed by atoms with Gasteiger partial charge in [-0.2, -0.15) is 4.31 Å². The van der Waals surface area contributed by atoms with Crippen LogP contribution < -0.4 is 5.73 Å². The number of sulfonamides is 1. The largest absolute Gasteiger partial charge is 0.398 e. The van der Waals surface area contributed by atoms with Crippen molar-refractivity contribution in [1.29, 1.82) is 0 Å². The van der Waals surface area contributed by atoms with E-state index in [1.54, 1.807) is 24.5 Å². The quantitative estimate of drug-likeness (QED) is 0.870. The molecule has 0 atom stereocenters. The van der Waals surface area contributed by atoms with Crippen molar-refractivity contribution >= 4 is 15.7 Å². The first kappa shape index (κ1) is 14.4. The predicted octanol–water partition coefficient (Wildman–Crippen LogP) is 1.62. The zero-order valence-electron chi connectivity index (χ0n) is 10.8. The van der Waals surface area contributed by atoms with Crippen LogP contribution in [-0.4, -0.2) is 24.8 Å². The molecule has 0 aliphatic heterocycles. The highest BCUT2D eigenvalue weighted by Gasteiger charge is 2.26. The molecule has 20 heavy (non-hydrogen) atoms. The number of nitrogen functional groups attached to an aromatic ring is 1. The third-order valence-corrected chi connectivity index (χ3v) is 4.69. The molecule has 0 bridgehead atoms. The molecule has 5 nitrogen and oxygen atoms in total. The van der Waals surface area contributed by atoms with E-state index < -0.39 is 20.7 Å². The van der Waals surface area contributed by atoms with Crippen molar-refractivity contribution in [2.75, 3.05) is 12.8 Å². The lowest BCUT2D eigenvalue weighted by molar-refractivity contribution is 0.460. The number of rotatable bonds is 4. The molecule has 1 aromatic heterocycles. The average Bonchev–Trinajstić information content (AvgIpc) is 2.39. The number of halogens is 1. The summed E-state index contributed by atoms with van der Waals surface area (Å²) < 4.78 is 39.5. The predicted molar refractivity (Wildman–Crippen MR) is 73.7 cm³/mol. The number of benzene rings is 1. The summed E-state index contributed by atoms with van der Waals surface area (Å²) in [6, 6.07) is 7.23. The maximum atomic E-state index is 13.7. The summed E-state index contributed by atoms with van der Waals surface area (Å²) in [6.45, 7) is 0.0872. The minimum Gasteiger partial charge on any atom is -0.398 e. The molecule has 1 aromatic carbocycles. The number of hydrogen-bond acceptors (Lipinski definition) is 4. The number of hydrogen-bond donors (Lipinski definition) is 1. The van der Waals surface area contributed by atoms with Crippen LogP contribution in [0, 0.1) is 5.82 Å². The highest BCUT2D eigenvalue weighted by Crippen LogP contribution is 2.25. The number of aromatic nitrogens is 1. The molecule has 2 rings (SSSR count). The van der Waals surface area contributed by atoms with Crippen molar-refractivity contribution in [2.24, 2.45) is 0 Å². The van der Waals surface area contributed by atoms with E-state index in [-0.39, 0.29) is 12.2 Å². The summed E-state index contributed by atoms with van der Waals surface area (Å²) in [5, 5.41) is 0. The zero-order chi connectivity index (χ0) is 14.8. The normalized spacial score (nSPS) is 11.8. The molecule has 0 fully saturated rings. The van der Waals surface area contributed by atoms with Crippen LogP contribution in [0.1, 0.15) is 5.56 Å². The van der Waals surface area contributed by atoms with Gasteiger partial charge in [-0.15, -0.1) is 0 Å². The molecule has 106 valence electrons. The third-order valence-electron chi connectivity index (χ3n) is 2.79. The monoisotopic (exact) mass is 295 g/mol. The second-order valence-electron chi connectivity index (χ2n) is 4.28. The summed E-state index contributed by atoms with van der Waals surface area (Å²) in [5.41, 5.74) is 6.17. The summed E-state index contributed by atoms with van der Waals surface area (Å²) in [6.07, 6.45) is 3.14. The van der Waals surface area contributed by atoms with Gasteiger partial charge in [-0.05, 0) is 23.8 Å². The molecule has 0 spiro atoms. The molecule has 0 amide bonds. The molecule has 7 heteroatoms. The molecule has 0 radical (unpaired) electrons. The van der Waals surface area contributed by atoms with Gasteiger partial charge in [-0.3, -0.25) is 4.98 Å². The van der Waals surface area contributed by atoms with Gasteiger partial charge in [0.15, 0.2) is 0 Å². The highest BCUT2D eigenvalue weighted by molar-refractivity contribution is 7.89. The van der Waals surface area contributed by atoms with Gasteiger partial charge in [0.05, 0.1) is 5.69 Å². The van der Waals surface area contributed by atoms with Crippen LogP contribution in [0.3, 0.4) is 0 Å². The van der Waals surface area contributed by atoms with Gasteiger partial charge in [0.1, 0.15) is 10.7 Å². The minimum atomic E-state index is -3.99. The first-order valence-electron chi connectivity index (χ1n) is 5.82.